The summed E-state index contributed by atoms with van der Waals surface area (Å²) in [6, 6.07) is 12.5. The molecule has 0 aliphatic rings. The topological polar surface area (TPSA) is 116 Å². The van der Waals surface area contributed by atoms with E-state index in [4.69, 9.17) is 24.0 Å². The third kappa shape index (κ3) is 4.47. The van der Waals surface area contributed by atoms with Gasteiger partial charge in [-0.1, -0.05) is 0 Å². The van der Waals surface area contributed by atoms with Gasteiger partial charge in [0.15, 0.2) is 29.7 Å². The van der Waals surface area contributed by atoms with Crippen molar-refractivity contribution in [2.45, 2.75) is 13.6 Å². The van der Waals surface area contributed by atoms with Gasteiger partial charge in [-0.2, -0.15) is 9.78 Å². The summed E-state index contributed by atoms with van der Waals surface area (Å²) in [5.74, 6) is 2.12. The number of benzene rings is 2. The van der Waals surface area contributed by atoms with E-state index in [1.807, 2.05) is 43.3 Å². The number of hydrogen-bond acceptors (Lipinski definition) is 8. The lowest BCUT2D eigenvalue weighted by Crippen LogP contribution is -2.12. The van der Waals surface area contributed by atoms with E-state index in [1.165, 1.54) is 10.7 Å². The van der Waals surface area contributed by atoms with Crippen LogP contribution in [-0.4, -0.2) is 52.9 Å². The first-order valence-electron chi connectivity index (χ1n) is 10.6. The van der Waals surface area contributed by atoms with Gasteiger partial charge in [0.2, 0.25) is 0 Å². The summed E-state index contributed by atoms with van der Waals surface area (Å²) < 4.78 is 24.9. The van der Waals surface area contributed by atoms with Crippen LogP contribution in [0.4, 0.5) is 5.82 Å². The van der Waals surface area contributed by atoms with Gasteiger partial charge < -0.3 is 29.1 Å². The van der Waals surface area contributed by atoms with Crippen LogP contribution < -0.4 is 18.9 Å². The molecule has 11 nitrogen and oxygen atoms in total. The second-order valence-electron chi connectivity index (χ2n) is 7.57. The van der Waals surface area contributed by atoms with Gasteiger partial charge in [-0.05, 0) is 48.2 Å². The van der Waals surface area contributed by atoms with Gasteiger partial charge in [0, 0.05) is 16.7 Å². The molecule has 2 heterocycles. The average molecular weight is 479 g/mol. The first kappa shape index (κ1) is 23.6. The molecule has 2 aromatic carbocycles. The summed E-state index contributed by atoms with van der Waals surface area (Å²) in [5.41, 5.74) is 4.07. The summed E-state index contributed by atoms with van der Waals surface area (Å²) in [7, 11) is 6.30. The number of ether oxygens (including phenoxy) is 4. The summed E-state index contributed by atoms with van der Waals surface area (Å²) >= 11 is 0. The second-order valence-corrected chi connectivity index (χ2v) is 7.57. The van der Waals surface area contributed by atoms with Crippen molar-refractivity contribution < 1.29 is 23.9 Å². The molecule has 2 aromatic heterocycles. The summed E-state index contributed by atoms with van der Waals surface area (Å²) in [5, 5.41) is 20.0. The van der Waals surface area contributed by atoms with Gasteiger partial charge in [0.05, 0.1) is 57.2 Å². The number of rotatable bonds is 9. The Balaban J connectivity index is 1.88. The van der Waals surface area contributed by atoms with Crippen LogP contribution in [0.15, 0.2) is 48.7 Å². The Hall–Kier alpha value is -4.54. The predicted molar refractivity (Wildman–Crippen MR) is 128 cm³/mol. The largest absolute Gasteiger partial charge is 0.493 e. The van der Waals surface area contributed by atoms with E-state index in [0.717, 1.165) is 28.1 Å². The van der Waals surface area contributed by atoms with Crippen LogP contribution in [0.2, 0.25) is 0 Å². The Labute approximate surface area is 201 Å². The molecule has 0 N–H and O–H groups in total. The quantitative estimate of drug-likeness (QED) is 0.259. The maximum atomic E-state index is 11.1. The Morgan fingerprint density at radius 3 is 1.94 bits per heavy atom. The minimum atomic E-state index is -0.533. The Bertz CT molecular complexity index is 1380. The third-order valence-electron chi connectivity index (χ3n) is 5.60. The molecule has 0 spiro atoms. The minimum absolute atomic E-state index is 0.158. The third-order valence-corrected chi connectivity index (χ3v) is 5.60. The van der Waals surface area contributed by atoms with Crippen molar-refractivity contribution in [2.24, 2.45) is 0 Å². The van der Waals surface area contributed by atoms with E-state index < -0.39 is 4.92 Å². The lowest BCUT2D eigenvalue weighted by Gasteiger charge is -2.12. The highest BCUT2D eigenvalue weighted by Gasteiger charge is 2.22. The van der Waals surface area contributed by atoms with Crippen molar-refractivity contribution in [2.75, 3.05) is 28.4 Å². The summed E-state index contributed by atoms with van der Waals surface area (Å²) in [6.45, 7) is 2.12. The van der Waals surface area contributed by atoms with E-state index in [0.29, 0.717) is 23.0 Å². The maximum Gasteiger partial charge on any atom is 0.389 e. The lowest BCUT2D eigenvalue weighted by molar-refractivity contribution is -0.389. The van der Waals surface area contributed by atoms with E-state index >= 15 is 0 Å². The SMILES string of the molecule is COc1ccc(-c2nn(Cn3ccc([N+](=O)[O-])n3)c(-c3ccc(OC)c(OC)c3)c2C)cc1OC. The van der Waals surface area contributed by atoms with E-state index in [9.17, 15) is 10.1 Å². The molecular weight excluding hydrogens is 454 g/mol. The normalized spacial score (nSPS) is 10.8. The molecule has 182 valence electrons. The Kier molecular flexibility index (Phi) is 6.58. The van der Waals surface area contributed by atoms with Crippen LogP contribution in [0.3, 0.4) is 0 Å². The average Bonchev–Trinajstić information content (AvgIpc) is 3.47. The first-order valence-corrected chi connectivity index (χ1v) is 10.6. The molecular formula is C24H25N5O6. The van der Waals surface area contributed by atoms with Gasteiger partial charge in [-0.15, -0.1) is 0 Å². The van der Waals surface area contributed by atoms with Gasteiger partial charge in [-0.3, -0.25) is 0 Å². The van der Waals surface area contributed by atoms with Crippen LogP contribution in [0, 0.1) is 17.0 Å². The zero-order chi connectivity index (χ0) is 25.1. The van der Waals surface area contributed by atoms with E-state index in [-0.39, 0.29) is 12.5 Å². The van der Waals surface area contributed by atoms with Crippen molar-refractivity contribution >= 4 is 5.82 Å². The fourth-order valence-corrected chi connectivity index (χ4v) is 3.92. The predicted octanol–water partition coefficient (Wildman–Crippen LogP) is 4.17. The first-order chi connectivity index (χ1) is 16.9. The molecule has 11 heteroatoms. The van der Waals surface area contributed by atoms with E-state index in [1.54, 1.807) is 39.3 Å². The van der Waals surface area contributed by atoms with Gasteiger partial charge in [0.1, 0.15) is 0 Å². The molecule has 0 unspecified atom stereocenters. The highest BCUT2D eigenvalue weighted by atomic mass is 16.6. The highest BCUT2D eigenvalue weighted by Crippen LogP contribution is 2.38. The van der Waals surface area contributed by atoms with Crippen molar-refractivity contribution in [3.63, 3.8) is 0 Å². The van der Waals surface area contributed by atoms with Crippen LogP contribution in [-0.2, 0) is 6.67 Å². The summed E-state index contributed by atoms with van der Waals surface area (Å²) in [6.07, 6.45) is 1.55. The number of methoxy groups -OCH3 is 4. The molecule has 0 aliphatic heterocycles. The lowest BCUT2D eigenvalue weighted by atomic mass is 10.0. The smallest absolute Gasteiger partial charge is 0.389 e. The molecule has 0 amide bonds. The van der Waals surface area contributed by atoms with Crippen molar-refractivity contribution in [3.8, 4) is 45.5 Å². The standard InChI is InChI=1S/C24H25N5O6/c1-15-23(16-6-8-18(32-2)20(12-16)34-4)26-28(14-27-11-10-22(25-27)29(30)31)24(15)17-7-9-19(33-3)21(13-17)35-5/h6-13H,14H2,1-5H3. The molecule has 0 aliphatic carbocycles. The molecule has 4 aromatic rings. The van der Waals surface area contributed by atoms with Crippen LogP contribution in [0.5, 0.6) is 23.0 Å². The van der Waals surface area contributed by atoms with Crippen molar-refractivity contribution in [3.05, 3.63) is 64.3 Å². The molecule has 0 radical (unpaired) electrons. The second kappa shape index (κ2) is 9.75. The number of nitro groups is 1. The van der Waals surface area contributed by atoms with Gasteiger partial charge in [-0.25, -0.2) is 4.68 Å². The van der Waals surface area contributed by atoms with Crippen LogP contribution >= 0.6 is 0 Å². The highest BCUT2D eigenvalue weighted by molar-refractivity contribution is 5.76. The number of aromatic nitrogens is 4. The molecule has 0 bridgehead atoms. The van der Waals surface area contributed by atoms with Gasteiger partial charge in [0.25, 0.3) is 0 Å². The van der Waals surface area contributed by atoms with Crippen molar-refractivity contribution in [1.29, 1.82) is 0 Å². The molecule has 0 saturated carbocycles. The monoisotopic (exact) mass is 479 g/mol. The molecule has 0 fully saturated rings. The van der Waals surface area contributed by atoms with Gasteiger partial charge >= 0.3 is 5.82 Å². The zero-order valence-electron chi connectivity index (χ0n) is 20.0. The molecule has 0 saturated heterocycles. The molecule has 4 rings (SSSR count). The number of hydrogen-bond donors (Lipinski definition) is 0. The summed E-state index contributed by atoms with van der Waals surface area (Å²) in [4.78, 5) is 10.6. The molecule has 35 heavy (non-hydrogen) atoms. The fourth-order valence-electron chi connectivity index (χ4n) is 3.92. The zero-order valence-corrected chi connectivity index (χ0v) is 20.0. The van der Waals surface area contributed by atoms with Crippen molar-refractivity contribution in [1.82, 2.24) is 19.6 Å². The van der Waals surface area contributed by atoms with Crippen LogP contribution in [0.1, 0.15) is 5.56 Å². The number of nitrogens with zero attached hydrogens (tertiary/aromatic N) is 5. The maximum absolute atomic E-state index is 11.1. The van der Waals surface area contributed by atoms with E-state index in [2.05, 4.69) is 5.10 Å². The fraction of sp³-hybridized carbons (Fsp3) is 0.250. The Morgan fingerprint density at radius 2 is 1.40 bits per heavy atom. The Morgan fingerprint density at radius 1 is 0.829 bits per heavy atom. The van der Waals surface area contributed by atoms with Crippen LogP contribution in [0.25, 0.3) is 22.5 Å². The molecule has 0 atom stereocenters. The minimum Gasteiger partial charge on any atom is -0.493 e.